The van der Waals surface area contributed by atoms with Crippen molar-refractivity contribution < 1.29 is 4.74 Å². The Kier molecular flexibility index (Phi) is 2.99. The fourth-order valence-corrected chi connectivity index (χ4v) is 4.96. The Balaban J connectivity index is 1.68. The van der Waals surface area contributed by atoms with Crippen molar-refractivity contribution in [1.29, 1.82) is 0 Å². The lowest BCUT2D eigenvalue weighted by atomic mass is 9.64. The predicted octanol–water partition coefficient (Wildman–Crippen LogP) is 4.81. The summed E-state index contributed by atoms with van der Waals surface area (Å²) in [6.07, 6.45) is 23.0. The summed E-state index contributed by atoms with van der Waals surface area (Å²) in [5.41, 5.74) is 1.27. The van der Waals surface area contributed by atoms with Crippen LogP contribution in [0.2, 0.25) is 0 Å². The lowest BCUT2D eigenvalue weighted by molar-refractivity contribution is -0.0435. The maximum absolute atomic E-state index is 6.29. The van der Waals surface area contributed by atoms with Gasteiger partial charge in [-0.05, 0) is 43.1 Å². The van der Waals surface area contributed by atoms with Crippen LogP contribution in [0, 0.1) is 29.6 Å². The van der Waals surface area contributed by atoms with Gasteiger partial charge in [0.25, 0.3) is 0 Å². The molecule has 0 aromatic heterocycles. The van der Waals surface area contributed by atoms with E-state index >= 15 is 0 Å². The van der Waals surface area contributed by atoms with Gasteiger partial charge in [0.2, 0.25) is 0 Å². The van der Waals surface area contributed by atoms with Gasteiger partial charge < -0.3 is 4.74 Å². The fourth-order valence-electron chi connectivity index (χ4n) is 4.96. The van der Waals surface area contributed by atoms with E-state index in [1.807, 2.05) is 6.26 Å². The number of fused-ring (bicyclic) bond motifs is 5. The topological polar surface area (TPSA) is 9.23 Å². The second-order valence-electron chi connectivity index (χ2n) is 7.03. The minimum Gasteiger partial charge on any atom is -0.494 e. The second-order valence-corrected chi connectivity index (χ2v) is 7.03. The van der Waals surface area contributed by atoms with Crippen LogP contribution in [0.4, 0.5) is 0 Å². The standard InChI is InChI=1S/C20H24O/c1-3-4-7-16-13-21-20(2)18(16)11-10-15-12-14-8-5-6-9-17(14)19(15)20/h4-11,13-15,17-19H,3,12H2,1-2H3. The van der Waals surface area contributed by atoms with E-state index in [9.17, 15) is 0 Å². The molecule has 1 nitrogen and oxygen atoms in total. The number of hydrogen-bond acceptors (Lipinski definition) is 1. The van der Waals surface area contributed by atoms with Crippen LogP contribution < -0.4 is 0 Å². The van der Waals surface area contributed by atoms with Crippen LogP contribution >= 0.6 is 0 Å². The third kappa shape index (κ3) is 1.83. The molecule has 21 heavy (non-hydrogen) atoms. The van der Waals surface area contributed by atoms with Gasteiger partial charge in [-0.1, -0.05) is 55.5 Å². The average Bonchev–Trinajstić information content (AvgIpc) is 3.03. The Labute approximate surface area is 127 Å². The summed E-state index contributed by atoms with van der Waals surface area (Å²) in [6.45, 7) is 4.51. The van der Waals surface area contributed by atoms with Crippen LogP contribution in [0.3, 0.4) is 0 Å². The maximum atomic E-state index is 6.29. The normalized spacial score (nSPS) is 46.2. The van der Waals surface area contributed by atoms with Gasteiger partial charge >= 0.3 is 0 Å². The van der Waals surface area contributed by atoms with Gasteiger partial charge in [0.1, 0.15) is 5.60 Å². The Morgan fingerprint density at radius 1 is 1.19 bits per heavy atom. The van der Waals surface area contributed by atoms with Gasteiger partial charge in [0.05, 0.1) is 6.26 Å². The first kappa shape index (κ1) is 13.2. The summed E-state index contributed by atoms with van der Waals surface area (Å²) >= 11 is 0. The quantitative estimate of drug-likeness (QED) is 0.660. The van der Waals surface area contributed by atoms with E-state index in [4.69, 9.17) is 4.74 Å². The van der Waals surface area contributed by atoms with Crippen molar-refractivity contribution in [3.63, 3.8) is 0 Å². The van der Waals surface area contributed by atoms with Crippen molar-refractivity contribution in [2.24, 2.45) is 29.6 Å². The van der Waals surface area contributed by atoms with E-state index in [1.54, 1.807) is 0 Å². The summed E-state index contributed by atoms with van der Waals surface area (Å²) in [6, 6.07) is 0. The first-order valence-corrected chi connectivity index (χ1v) is 8.32. The summed E-state index contributed by atoms with van der Waals surface area (Å²) in [7, 11) is 0. The van der Waals surface area contributed by atoms with Crippen LogP contribution in [0.15, 0.2) is 60.4 Å². The van der Waals surface area contributed by atoms with E-state index in [0.717, 1.165) is 6.42 Å². The monoisotopic (exact) mass is 280 g/mol. The van der Waals surface area contributed by atoms with Crippen molar-refractivity contribution in [3.8, 4) is 0 Å². The molecule has 1 heteroatoms. The molecule has 1 saturated carbocycles. The third-order valence-corrected chi connectivity index (χ3v) is 5.90. The first-order chi connectivity index (χ1) is 10.2. The molecule has 6 atom stereocenters. The minimum atomic E-state index is -0.0677. The molecule has 1 heterocycles. The van der Waals surface area contributed by atoms with Gasteiger partial charge in [-0.2, -0.15) is 0 Å². The number of ether oxygens (including phenoxy) is 1. The zero-order chi connectivity index (χ0) is 14.4. The summed E-state index contributed by atoms with van der Waals surface area (Å²) < 4.78 is 6.29. The summed E-state index contributed by atoms with van der Waals surface area (Å²) in [5.74, 6) is 3.02. The van der Waals surface area contributed by atoms with Crippen LogP contribution in [0.5, 0.6) is 0 Å². The predicted molar refractivity (Wildman–Crippen MR) is 86.5 cm³/mol. The Bertz CT molecular complexity index is 577. The third-order valence-electron chi connectivity index (χ3n) is 5.90. The van der Waals surface area contributed by atoms with Crippen LogP contribution in [-0.4, -0.2) is 5.60 Å². The molecule has 0 bridgehead atoms. The second kappa shape index (κ2) is 4.76. The van der Waals surface area contributed by atoms with Crippen molar-refractivity contribution in [1.82, 2.24) is 0 Å². The molecule has 3 aliphatic carbocycles. The van der Waals surface area contributed by atoms with Crippen LogP contribution in [-0.2, 0) is 4.74 Å². The molecular formula is C20H24O. The van der Waals surface area contributed by atoms with Gasteiger partial charge in [-0.15, -0.1) is 0 Å². The van der Waals surface area contributed by atoms with E-state index in [-0.39, 0.29) is 5.60 Å². The molecule has 6 unspecified atom stereocenters. The Hall–Kier alpha value is -1.50. The van der Waals surface area contributed by atoms with E-state index < -0.39 is 0 Å². The lowest BCUT2D eigenvalue weighted by Crippen LogP contribution is -2.47. The molecule has 0 spiro atoms. The molecule has 4 rings (SSSR count). The molecule has 0 amide bonds. The zero-order valence-corrected chi connectivity index (χ0v) is 12.9. The zero-order valence-electron chi connectivity index (χ0n) is 12.9. The number of rotatable bonds is 2. The SMILES string of the molecule is CCC=CC1=COC2(C)C1C=CC1CC3C=CC=CC3C12. The molecule has 0 radical (unpaired) electrons. The molecule has 110 valence electrons. The molecule has 0 saturated heterocycles. The highest BCUT2D eigenvalue weighted by molar-refractivity contribution is 5.37. The highest BCUT2D eigenvalue weighted by atomic mass is 16.5. The van der Waals surface area contributed by atoms with Crippen molar-refractivity contribution >= 4 is 0 Å². The van der Waals surface area contributed by atoms with Crippen LogP contribution in [0.25, 0.3) is 0 Å². The van der Waals surface area contributed by atoms with Crippen molar-refractivity contribution in [3.05, 3.63) is 60.4 Å². The van der Waals surface area contributed by atoms with Crippen molar-refractivity contribution in [2.45, 2.75) is 32.3 Å². The van der Waals surface area contributed by atoms with Gasteiger partial charge in [-0.3, -0.25) is 0 Å². The summed E-state index contributed by atoms with van der Waals surface area (Å²) in [5, 5.41) is 0. The first-order valence-electron chi connectivity index (χ1n) is 8.32. The molecule has 0 N–H and O–H groups in total. The maximum Gasteiger partial charge on any atom is 0.120 e. The molecular weight excluding hydrogens is 256 g/mol. The van der Waals surface area contributed by atoms with Gasteiger partial charge in [0, 0.05) is 11.8 Å². The van der Waals surface area contributed by atoms with Crippen LogP contribution in [0.1, 0.15) is 26.7 Å². The number of hydrogen-bond donors (Lipinski definition) is 0. The highest BCUT2D eigenvalue weighted by Crippen LogP contribution is 2.58. The molecule has 0 aromatic carbocycles. The fraction of sp³-hybridized carbons (Fsp3) is 0.500. The summed E-state index contributed by atoms with van der Waals surface area (Å²) in [4.78, 5) is 0. The van der Waals surface area contributed by atoms with Crippen molar-refractivity contribution in [2.75, 3.05) is 0 Å². The van der Waals surface area contributed by atoms with Gasteiger partial charge in [0.15, 0.2) is 0 Å². The molecule has 4 aliphatic rings. The number of allylic oxidation sites excluding steroid dienone is 7. The van der Waals surface area contributed by atoms with E-state index in [0.29, 0.717) is 29.6 Å². The molecule has 0 aromatic rings. The largest absolute Gasteiger partial charge is 0.494 e. The van der Waals surface area contributed by atoms with Gasteiger partial charge in [-0.25, -0.2) is 0 Å². The lowest BCUT2D eigenvalue weighted by Gasteiger charge is -2.44. The Morgan fingerprint density at radius 3 is 2.90 bits per heavy atom. The average molecular weight is 280 g/mol. The minimum absolute atomic E-state index is 0.0677. The smallest absolute Gasteiger partial charge is 0.120 e. The molecule has 1 fully saturated rings. The van der Waals surface area contributed by atoms with E-state index in [1.165, 1.54) is 12.0 Å². The molecule has 1 aliphatic heterocycles. The highest BCUT2D eigenvalue weighted by Gasteiger charge is 2.57. The van der Waals surface area contributed by atoms with E-state index in [2.05, 4.69) is 62.5 Å². The Morgan fingerprint density at radius 2 is 2.05 bits per heavy atom.